The predicted molar refractivity (Wildman–Crippen MR) is 117 cm³/mol. The molecule has 0 aliphatic rings. The van der Waals surface area contributed by atoms with Gasteiger partial charge in [-0.15, -0.1) is 6.58 Å². The van der Waals surface area contributed by atoms with Crippen LogP contribution in [0.2, 0.25) is 0 Å². The Morgan fingerprint density at radius 2 is 2.10 bits per heavy atom. The quantitative estimate of drug-likeness (QED) is 0.235. The van der Waals surface area contributed by atoms with Gasteiger partial charge < -0.3 is 24.9 Å². The average molecular weight is 415 g/mol. The zero-order valence-electron chi connectivity index (χ0n) is 16.4. The van der Waals surface area contributed by atoms with Crippen LogP contribution in [0.4, 0.5) is 11.8 Å². The number of anilines is 2. The molecule has 0 aliphatic carbocycles. The van der Waals surface area contributed by atoms with Gasteiger partial charge in [0.05, 0.1) is 12.9 Å². The van der Waals surface area contributed by atoms with Crippen molar-refractivity contribution in [3.63, 3.8) is 0 Å². The highest BCUT2D eigenvalue weighted by atomic mass is 31.2. The van der Waals surface area contributed by atoms with Crippen molar-refractivity contribution in [1.29, 1.82) is 0 Å². The van der Waals surface area contributed by atoms with Crippen LogP contribution in [0.5, 0.6) is 5.75 Å². The molecule has 2 aromatic heterocycles. The summed E-state index contributed by atoms with van der Waals surface area (Å²) in [6.45, 7) is 8.20. The van der Waals surface area contributed by atoms with Crippen LogP contribution in [0.3, 0.4) is 0 Å². The molecule has 2 heterocycles. The van der Waals surface area contributed by atoms with Gasteiger partial charge in [-0.1, -0.05) is 31.2 Å². The largest absolute Gasteiger partial charge is 0.456 e. The Kier molecular flexibility index (Phi) is 7.75. The first-order valence-electron chi connectivity index (χ1n) is 9.36. The Balaban J connectivity index is 1.57. The molecule has 1 aromatic carbocycles. The molecule has 154 valence electrons. The number of nitrogens with two attached hydrogens (primary N) is 1. The molecule has 1 unspecified atom stereocenters. The number of rotatable bonds is 12. The number of para-hydroxylation sites is 1. The Bertz CT molecular complexity index is 920. The second-order valence-corrected chi connectivity index (χ2v) is 7.56. The first kappa shape index (κ1) is 21.0. The maximum absolute atomic E-state index is 5.99. The highest BCUT2D eigenvalue weighted by Crippen LogP contribution is 2.33. The fraction of sp³-hybridized carbons (Fsp3) is 0.316. The summed E-state index contributed by atoms with van der Waals surface area (Å²) in [5, 5.41) is 6.47. The van der Waals surface area contributed by atoms with Crippen molar-refractivity contribution in [2.75, 3.05) is 37.1 Å². The van der Waals surface area contributed by atoms with Gasteiger partial charge in [-0.3, -0.25) is 5.09 Å². The minimum atomic E-state index is -0.920. The topological polar surface area (TPSA) is 112 Å². The number of ether oxygens (including phenoxy) is 1. The lowest BCUT2D eigenvalue weighted by Gasteiger charge is -2.18. The first-order chi connectivity index (χ1) is 14.2. The van der Waals surface area contributed by atoms with E-state index >= 15 is 0 Å². The normalized spacial score (nSPS) is 12.0. The summed E-state index contributed by atoms with van der Waals surface area (Å²) >= 11 is 0. The second kappa shape index (κ2) is 10.7. The minimum Gasteiger partial charge on any atom is -0.456 e. The number of nitrogens with one attached hydrogen (secondary N) is 2. The van der Waals surface area contributed by atoms with E-state index in [0.717, 1.165) is 12.3 Å². The van der Waals surface area contributed by atoms with Gasteiger partial charge in [0.15, 0.2) is 25.3 Å². The molecule has 0 fully saturated rings. The first-order valence-corrected chi connectivity index (χ1v) is 10.8. The lowest BCUT2D eigenvalue weighted by molar-refractivity contribution is 0.165. The lowest BCUT2D eigenvalue weighted by atomic mass is 10.3. The summed E-state index contributed by atoms with van der Waals surface area (Å²) < 4.78 is 13.7. The molecule has 9 nitrogen and oxygen atoms in total. The van der Waals surface area contributed by atoms with Crippen molar-refractivity contribution in [2.24, 2.45) is 0 Å². The van der Waals surface area contributed by atoms with Gasteiger partial charge in [0.2, 0.25) is 5.95 Å². The number of imidazole rings is 1. The zero-order valence-corrected chi connectivity index (χ0v) is 17.3. The van der Waals surface area contributed by atoms with E-state index in [1.54, 1.807) is 12.4 Å². The number of aromatic nitrogens is 4. The maximum atomic E-state index is 5.99. The van der Waals surface area contributed by atoms with E-state index in [4.69, 9.17) is 15.0 Å². The van der Waals surface area contributed by atoms with Crippen molar-refractivity contribution in [1.82, 2.24) is 24.6 Å². The van der Waals surface area contributed by atoms with Gasteiger partial charge in [-0.2, -0.15) is 9.97 Å². The fourth-order valence-electron chi connectivity index (χ4n) is 2.62. The number of nitrogens with zero attached hydrogens (tertiary/aromatic N) is 4. The monoisotopic (exact) mass is 415 g/mol. The van der Waals surface area contributed by atoms with Gasteiger partial charge >= 0.3 is 0 Å². The van der Waals surface area contributed by atoms with Crippen LogP contribution in [0.25, 0.3) is 11.2 Å². The van der Waals surface area contributed by atoms with E-state index in [0.29, 0.717) is 43.0 Å². The second-order valence-electron chi connectivity index (χ2n) is 6.04. The molecule has 0 amide bonds. The third-order valence-electron chi connectivity index (χ3n) is 3.87. The molecule has 0 bridgehead atoms. The highest BCUT2D eigenvalue weighted by molar-refractivity contribution is 7.50. The van der Waals surface area contributed by atoms with Gasteiger partial charge in [0, 0.05) is 13.1 Å². The van der Waals surface area contributed by atoms with Crippen molar-refractivity contribution >= 4 is 31.2 Å². The zero-order chi connectivity index (χ0) is 20.5. The molecule has 10 heteroatoms. The Morgan fingerprint density at radius 3 is 2.86 bits per heavy atom. The summed E-state index contributed by atoms with van der Waals surface area (Å²) in [6, 6.07) is 9.73. The molecular formula is C19H26N7O2P. The molecule has 0 aliphatic heterocycles. The molecule has 0 saturated heterocycles. The summed E-state index contributed by atoms with van der Waals surface area (Å²) in [5.41, 5.74) is 7.18. The highest BCUT2D eigenvalue weighted by Gasteiger charge is 2.13. The molecule has 29 heavy (non-hydrogen) atoms. The summed E-state index contributed by atoms with van der Waals surface area (Å²) in [5.74, 6) is 1.62. The van der Waals surface area contributed by atoms with E-state index < -0.39 is 8.30 Å². The maximum Gasteiger partial charge on any atom is 0.224 e. The minimum absolute atomic E-state index is 0.193. The van der Waals surface area contributed by atoms with E-state index in [-0.39, 0.29) is 5.95 Å². The SMILES string of the molecule is C=CCNc1nc(N)nc2c1ncn2CCOCP(NCC)Oc1ccccc1. The standard InChI is InChI=1S/C19H26N7O2P/c1-3-10-21-17-16-18(25-19(20)24-17)26(13-22-16)11-12-27-14-29(23-4-2)28-15-8-6-5-7-9-15/h3,5-9,13,23H,1,4,10-12,14H2,2H3,(H3,20,21,24,25). The van der Waals surface area contributed by atoms with Crippen LogP contribution in [0.1, 0.15) is 6.92 Å². The number of hydrogen-bond acceptors (Lipinski definition) is 8. The summed E-state index contributed by atoms with van der Waals surface area (Å²) in [7, 11) is -0.920. The van der Waals surface area contributed by atoms with Crippen LogP contribution in [-0.4, -0.2) is 45.6 Å². The lowest BCUT2D eigenvalue weighted by Crippen LogP contribution is -2.15. The van der Waals surface area contributed by atoms with Crippen LogP contribution < -0.4 is 20.7 Å². The van der Waals surface area contributed by atoms with Crippen LogP contribution >= 0.6 is 8.30 Å². The molecule has 0 spiro atoms. The summed E-state index contributed by atoms with van der Waals surface area (Å²) in [6.07, 6.45) is 3.94. The molecule has 4 N–H and O–H groups in total. The molecular weight excluding hydrogens is 389 g/mol. The van der Waals surface area contributed by atoms with E-state index in [1.165, 1.54) is 0 Å². The van der Waals surface area contributed by atoms with Crippen LogP contribution in [0, 0.1) is 0 Å². The fourth-order valence-corrected chi connectivity index (χ4v) is 3.85. The van der Waals surface area contributed by atoms with Crippen molar-refractivity contribution in [3.8, 4) is 5.75 Å². The Labute approximate surface area is 171 Å². The van der Waals surface area contributed by atoms with E-state index in [2.05, 4.69) is 31.9 Å². The van der Waals surface area contributed by atoms with Gasteiger partial charge in [-0.05, 0) is 18.7 Å². The smallest absolute Gasteiger partial charge is 0.224 e. The van der Waals surface area contributed by atoms with Crippen LogP contribution in [0.15, 0.2) is 49.3 Å². The van der Waals surface area contributed by atoms with Crippen molar-refractivity contribution in [3.05, 3.63) is 49.3 Å². The predicted octanol–water partition coefficient (Wildman–Crippen LogP) is 2.98. The molecule has 3 rings (SSSR count). The number of fused-ring (bicyclic) bond motifs is 1. The Morgan fingerprint density at radius 1 is 1.28 bits per heavy atom. The molecule has 1 atom stereocenters. The third kappa shape index (κ3) is 5.87. The summed E-state index contributed by atoms with van der Waals surface area (Å²) in [4.78, 5) is 12.9. The van der Waals surface area contributed by atoms with Crippen LogP contribution in [-0.2, 0) is 11.3 Å². The average Bonchev–Trinajstić information content (AvgIpc) is 3.13. The molecule has 0 saturated carbocycles. The van der Waals surface area contributed by atoms with Gasteiger partial charge in [-0.25, -0.2) is 4.98 Å². The third-order valence-corrected chi connectivity index (χ3v) is 5.39. The van der Waals surface area contributed by atoms with E-state index in [9.17, 15) is 0 Å². The number of benzene rings is 1. The Hall–Kier alpha value is -2.74. The van der Waals surface area contributed by atoms with Crippen molar-refractivity contribution < 1.29 is 9.26 Å². The van der Waals surface area contributed by atoms with Gasteiger partial charge in [0.1, 0.15) is 12.1 Å². The number of nitrogen functional groups attached to an aromatic ring is 1. The van der Waals surface area contributed by atoms with E-state index in [1.807, 2.05) is 41.8 Å². The van der Waals surface area contributed by atoms with Crippen molar-refractivity contribution in [2.45, 2.75) is 13.5 Å². The molecule has 0 radical (unpaired) electrons. The van der Waals surface area contributed by atoms with Gasteiger partial charge in [0.25, 0.3) is 0 Å². The number of hydrogen-bond donors (Lipinski definition) is 3. The molecule has 3 aromatic rings.